The molecule has 0 saturated heterocycles. The highest BCUT2D eigenvalue weighted by Gasteiger charge is 2.39. The summed E-state index contributed by atoms with van der Waals surface area (Å²) in [5.74, 6) is 0.534. The Labute approximate surface area is 119 Å². The van der Waals surface area contributed by atoms with E-state index in [2.05, 4.69) is 0 Å². The molecule has 0 unspecified atom stereocenters. The average Bonchev–Trinajstić information content (AvgIpc) is 2.25. The number of halogens is 1. The Bertz CT molecular complexity index is 443. The Morgan fingerprint density at radius 1 is 1.16 bits per heavy atom. The van der Waals surface area contributed by atoms with Crippen molar-refractivity contribution in [2.75, 3.05) is 7.11 Å². The first-order valence-corrected chi connectivity index (χ1v) is 6.37. The standard InChI is InChI=1S/C13H20BClO4/c1-12(2,16)13(3,4)19-14(17)9-6-10(15)8-11(7-9)18-5/h6-8,16-17H,1-5H3. The molecule has 1 rings (SSSR count). The van der Waals surface area contributed by atoms with Crippen LogP contribution in [0.25, 0.3) is 0 Å². The van der Waals surface area contributed by atoms with E-state index >= 15 is 0 Å². The van der Waals surface area contributed by atoms with Crippen LogP contribution in [-0.2, 0) is 4.65 Å². The molecule has 19 heavy (non-hydrogen) atoms. The monoisotopic (exact) mass is 286 g/mol. The second kappa shape index (κ2) is 5.71. The summed E-state index contributed by atoms with van der Waals surface area (Å²) in [4.78, 5) is 0. The maximum Gasteiger partial charge on any atom is 0.491 e. The second-order valence-corrected chi connectivity index (χ2v) is 5.90. The Kier molecular flexibility index (Phi) is 4.90. The zero-order valence-corrected chi connectivity index (χ0v) is 12.7. The molecule has 1 aromatic rings. The van der Waals surface area contributed by atoms with Crippen LogP contribution < -0.4 is 10.2 Å². The lowest BCUT2D eigenvalue weighted by Gasteiger charge is -2.38. The van der Waals surface area contributed by atoms with Crippen molar-refractivity contribution < 1.29 is 19.5 Å². The van der Waals surface area contributed by atoms with Crippen LogP contribution in [0.5, 0.6) is 5.75 Å². The van der Waals surface area contributed by atoms with E-state index in [9.17, 15) is 10.1 Å². The highest BCUT2D eigenvalue weighted by atomic mass is 35.5. The van der Waals surface area contributed by atoms with Gasteiger partial charge in [-0.15, -0.1) is 0 Å². The average molecular weight is 287 g/mol. The minimum Gasteiger partial charge on any atom is -0.497 e. The van der Waals surface area contributed by atoms with Crippen LogP contribution in [-0.4, -0.2) is 35.6 Å². The predicted octanol–water partition coefficient (Wildman–Crippen LogP) is 1.60. The van der Waals surface area contributed by atoms with Gasteiger partial charge in [0.25, 0.3) is 0 Å². The van der Waals surface area contributed by atoms with Gasteiger partial charge in [0.2, 0.25) is 0 Å². The van der Waals surface area contributed by atoms with E-state index in [0.717, 1.165) is 0 Å². The molecule has 0 aliphatic heterocycles. The summed E-state index contributed by atoms with van der Waals surface area (Å²) < 4.78 is 10.6. The molecule has 2 N–H and O–H groups in total. The summed E-state index contributed by atoms with van der Waals surface area (Å²) in [6.45, 7) is 6.66. The summed E-state index contributed by atoms with van der Waals surface area (Å²) in [7, 11) is 0.317. The van der Waals surface area contributed by atoms with Crippen molar-refractivity contribution in [3.05, 3.63) is 23.2 Å². The van der Waals surface area contributed by atoms with Gasteiger partial charge in [0, 0.05) is 5.02 Å². The summed E-state index contributed by atoms with van der Waals surface area (Å²) in [5.41, 5.74) is -1.56. The first-order chi connectivity index (χ1) is 8.56. The van der Waals surface area contributed by atoms with E-state index in [1.54, 1.807) is 45.9 Å². The van der Waals surface area contributed by atoms with Crippen molar-refractivity contribution in [3.8, 4) is 5.75 Å². The van der Waals surface area contributed by atoms with Crippen LogP contribution in [0.2, 0.25) is 5.02 Å². The van der Waals surface area contributed by atoms with Gasteiger partial charge in [-0.3, -0.25) is 0 Å². The lowest BCUT2D eigenvalue weighted by Crippen LogP contribution is -2.53. The number of benzene rings is 1. The zero-order valence-electron chi connectivity index (χ0n) is 11.9. The first kappa shape index (κ1) is 16.3. The van der Waals surface area contributed by atoms with E-state index < -0.39 is 18.3 Å². The normalized spacial score (nSPS) is 12.4. The molecule has 0 aliphatic carbocycles. The number of aliphatic hydroxyl groups is 1. The molecule has 4 nitrogen and oxygen atoms in total. The fourth-order valence-corrected chi connectivity index (χ4v) is 1.57. The smallest absolute Gasteiger partial charge is 0.491 e. The largest absolute Gasteiger partial charge is 0.497 e. The van der Waals surface area contributed by atoms with Crippen LogP contribution >= 0.6 is 11.6 Å². The van der Waals surface area contributed by atoms with Crippen LogP contribution in [0.4, 0.5) is 0 Å². The van der Waals surface area contributed by atoms with Crippen molar-refractivity contribution in [3.63, 3.8) is 0 Å². The highest BCUT2D eigenvalue weighted by Crippen LogP contribution is 2.26. The van der Waals surface area contributed by atoms with Gasteiger partial charge in [-0.25, -0.2) is 0 Å². The summed E-state index contributed by atoms with van der Waals surface area (Å²) in [6, 6.07) is 4.87. The molecule has 1 aromatic carbocycles. The fraction of sp³-hybridized carbons (Fsp3) is 0.538. The Morgan fingerprint density at radius 2 is 1.74 bits per heavy atom. The molecule has 0 saturated carbocycles. The van der Waals surface area contributed by atoms with E-state index in [1.165, 1.54) is 7.11 Å². The van der Waals surface area contributed by atoms with Crippen LogP contribution in [0.3, 0.4) is 0 Å². The van der Waals surface area contributed by atoms with E-state index in [1.807, 2.05) is 0 Å². The molecular weight excluding hydrogens is 266 g/mol. The minimum atomic E-state index is -1.20. The van der Waals surface area contributed by atoms with Gasteiger partial charge in [0.1, 0.15) is 5.75 Å². The van der Waals surface area contributed by atoms with E-state index in [-0.39, 0.29) is 0 Å². The Morgan fingerprint density at radius 3 is 2.21 bits per heavy atom. The molecule has 0 heterocycles. The quantitative estimate of drug-likeness (QED) is 0.807. The SMILES string of the molecule is COc1cc(Cl)cc(B(O)OC(C)(C)C(C)(C)O)c1. The Balaban J connectivity index is 2.95. The van der Waals surface area contributed by atoms with Crippen molar-refractivity contribution >= 4 is 24.2 Å². The molecular formula is C13H20BClO4. The van der Waals surface area contributed by atoms with Gasteiger partial charge < -0.3 is 19.5 Å². The first-order valence-electron chi connectivity index (χ1n) is 5.99. The van der Waals surface area contributed by atoms with Crippen molar-refractivity contribution in [2.45, 2.75) is 38.9 Å². The van der Waals surface area contributed by atoms with Crippen LogP contribution in [0, 0.1) is 0 Å². The van der Waals surface area contributed by atoms with Gasteiger partial charge in [-0.1, -0.05) is 11.6 Å². The maximum absolute atomic E-state index is 10.1. The lowest BCUT2D eigenvalue weighted by molar-refractivity contribution is -0.0982. The highest BCUT2D eigenvalue weighted by molar-refractivity contribution is 6.60. The minimum absolute atomic E-state index is 0.443. The second-order valence-electron chi connectivity index (χ2n) is 5.46. The molecule has 0 aliphatic rings. The topological polar surface area (TPSA) is 58.9 Å². The van der Waals surface area contributed by atoms with Gasteiger partial charge in [-0.2, -0.15) is 0 Å². The maximum atomic E-state index is 10.1. The third-order valence-corrected chi connectivity index (χ3v) is 3.51. The number of ether oxygens (including phenoxy) is 1. The van der Waals surface area contributed by atoms with E-state index in [0.29, 0.717) is 16.2 Å². The number of hydrogen-bond acceptors (Lipinski definition) is 4. The Hall–Kier alpha value is -0.745. The molecule has 0 spiro atoms. The molecule has 106 valence electrons. The molecule has 0 amide bonds. The molecule has 6 heteroatoms. The summed E-state index contributed by atoms with van der Waals surface area (Å²) >= 11 is 5.94. The van der Waals surface area contributed by atoms with Gasteiger partial charge in [0.15, 0.2) is 0 Å². The van der Waals surface area contributed by atoms with Gasteiger partial charge >= 0.3 is 7.12 Å². The molecule has 0 atom stereocenters. The zero-order chi connectivity index (χ0) is 14.8. The third kappa shape index (κ3) is 4.11. The van der Waals surface area contributed by atoms with Gasteiger partial charge in [0.05, 0.1) is 18.3 Å². The molecule has 0 aromatic heterocycles. The number of rotatable bonds is 5. The van der Waals surface area contributed by atoms with Crippen LogP contribution in [0.15, 0.2) is 18.2 Å². The van der Waals surface area contributed by atoms with E-state index in [4.69, 9.17) is 21.0 Å². The third-order valence-electron chi connectivity index (χ3n) is 3.29. The number of hydrogen-bond donors (Lipinski definition) is 2. The number of methoxy groups -OCH3 is 1. The summed E-state index contributed by atoms with van der Waals surface area (Å²) in [5, 5.41) is 20.6. The molecule has 0 fully saturated rings. The fourth-order valence-electron chi connectivity index (χ4n) is 1.34. The predicted molar refractivity (Wildman–Crippen MR) is 77.1 cm³/mol. The van der Waals surface area contributed by atoms with Crippen molar-refractivity contribution in [1.29, 1.82) is 0 Å². The summed E-state index contributed by atoms with van der Waals surface area (Å²) in [6.07, 6.45) is 0. The lowest BCUT2D eigenvalue weighted by atomic mass is 9.76. The van der Waals surface area contributed by atoms with Crippen molar-refractivity contribution in [1.82, 2.24) is 0 Å². The van der Waals surface area contributed by atoms with Gasteiger partial charge in [-0.05, 0) is 51.4 Å². The molecule has 0 bridgehead atoms. The molecule has 0 radical (unpaired) electrons. The van der Waals surface area contributed by atoms with Crippen molar-refractivity contribution in [2.24, 2.45) is 0 Å². The van der Waals surface area contributed by atoms with Crippen LogP contribution in [0.1, 0.15) is 27.7 Å².